The van der Waals surface area contributed by atoms with Crippen molar-refractivity contribution in [3.63, 3.8) is 0 Å². The van der Waals surface area contributed by atoms with Crippen molar-refractivity contribution in [1.82, 2.24) is 4.90 Å². The van der Waals surface area contributed by atoms with Gasteiger partial charge in [0.25, 0.3) is 0 Å². The largest absolute Gasteiger partial charge is 0.404 e. The van der Waals surface area contributed by atoms with E-state index in [-0.39, 0.29) is 0 Å². The first-order chi connectivity index (χ1) is 9.19. The van der Waals surface area contributed by atoms with Gasteiger partial charge in [0.2, 0.25) is 0 Å². The molecule has 106 valence electrons. The zero-order valence-corrected chi connectivity index (χ0v) is 13.0. The van der Waals surface area contributed by atoms with Crippen LogP contribution in [0.4, 0.5) is 0 Å². The molecule has 2 rings (SSSR count). The predicted octanol–water partition coefficient (Wildman–Crippen LogP) is 3.84. The molecule has 0 spiro atoms. The Labute approximate surface area is 118 Å². The number of rotatable bonds is 2. The molecule has 19 heavy (non-hydrogen) atoms. The van der Waals surface area contributed by atoms with Crippen molar-refractivity contribution in [1.29, 1.82) is 0 Å². The molecule has 0 saturated heterocycles. The lowest BCUT2D eigenvalue weighted by molar-refractivity contribution is 0.247. The minimum absolute atomic E-state index is 0.560. The lowest BCUT2D eigenvalue weighted by Gasteiger charge is -2.38. The minimum Gasteiger partial charge on any atom is -0.404 e. The molecule has 1 aromatic carbocycles. The number of likely N-dealkylation sites (N-methyl/N-ethyl adjacent to an activating group) is 1. The molecule has 2 atom stereocenters. The lowest BCUT2D eigenvalue weighted by atomic mass is 9.75. The smallest absolute Gasteiger partial charge is 0.0199 e. The van der Waals surface area contributed by atoms with Crippen LogP contribution in [-0.4, -0.2) is 25.0 Å². The average Bonchev–Trinajstić information content (AvgIpc) is 2.47. The first-order valence-electron chi connectivity index (χ1n) is 7.35. The van der Waals surface area contributed by atoms with E-state index in [1.807, 2.05) is 13.8 Å². The van der Waals surface area contributed by atoms with Gasteiger partial charge in [-0.25, -0.2) is 0 Å². The third-order valence-electron chi connectivity index (χ3n) is 3.90. The van der Waals surface area contributed by atoms with Crippen LogP contribution in [0, 0.1) is 0 Å². The van der Waals surface area contributed by atoms with Gasteiger partial charge in [0.1, 0.15) is 0 Å². The Morgan fingerprint density at radius 3 is 2.42 bits per heavy atom. The average molecular weight is 260 g/mol. The van der Waals surface area contributed by atoms with E-state index in [2.05, 4.69) is 50.2 Å². The van der Waals surface area contributed by atoms with Crippen LogP contribution in [0.25, 0.3) is 5.57 Å². The van der Waals surface area contributed by atoms with Crippen LogP contribution < -0.4 is 5.73 Å². The van der Waals surface area contributed by atoms with Crippen molar-refractivity contribution in [2.45, 2.75) is 45.6 Å². The molecule has 0 bridgehead atoms. The fourth-order valence-corrected chi connectivity index (χ4v) is 2.99. The van der Waals surface area contributed by atoms with E-state index in [0.29, 0.717) is 12.0 Å². The Balaban J connectivity index is 0.000000861. The fourth-order valence-electron chi connectivity index (χ4n) is 2.99. The number of nitrogens with zero attached hydrogens (tertiary/aromatic N) is 1. The third kappa shape index (κ3) is 3.19. The molecule has 1 aromatic rings. The fraction of sp³-hybridized carbons (Fsp3) is 0.529. The first kappa shape index (κ1) is 15.8. The van der Waals surface area contributed by atoms with Crippen molar-refractivity contribution in [2.75, 3.05) is 14.1 Å². The molecule has 2 heteroatoms. The number of hydrogen-bond donors (Lipinski definition) is 1. The van der Waals surface area contributed by atoms with Gasteiger partial charge in [0.05, 0.1) is 0 Å². The normalized spacial score (nSPS) is 23.8. The lowest BCUT2D eigenvalue weighted by Crippen LogP contribution is -2.37. The SMILES string of the molecule is CC.CCC1c2ccccc2/C(=C\N)CC1N(C)C. The molecule has 2 unspecified atom stereocenters. The van der Waals surface area contributed by atoms with Gasteiger partial charge in [-0.2, -0.15) is 0 Å². The molecule has 2 N–H and O–H groups in total. The second kappa shape index (κ2) is 7.34. The Morgan fingerprint density at radius 2 is 1.89 bits per heavy atom. The van der Waals surface area contributed by atoms with Crippen molar-refractivity contribution in [3.8, 4) is 0 Å². The summed E-state index contributed by atoms with van der Waals surface area (Å²) in [6.07, 6.45) is 4.01. The van der Waals surface area contributed by atoms with Crippen LogP contribution in [0.15, 0.2) is 30.5 Å². The molecular formula is C17H28N2. The summed E-state index contributed by atoms with van der Waals surface area (Å²) in [4.78, 5) is 2.33. The van der Waals surface area contributed by atoms with Gasteiger partial charge in [-0.15, -0.1) is 0 Å². The molecule has 0 radical (unpaired) electrons. The molecule has 2 nitrogen and oxygen atoms in total. The summed E-state index contributed by atoms with van der Waals surface area (Å²) in [6.45, 7) is 6.27. The maximum atomic E-state index is 5.79. The summed E-state index contributed by atoms with van der Waals surface area (Å²) in [6, 6.07) is 9.24. The molecular weight excluding hydrogens is 232 g/mol. The maximum absolute atomic E-state index is 5.79. The van der Waals surface area contributed by atoms with Crippen LogP contribution in [0.5, 0.6) is 0 Å². The third-order valence-corrected chi connectivity index (χ3v) is 3.90. The van der Waals surface area contributed by atoms with Gasteiger partial charge in [-0.1, -0.05) is 45.0 Å². The Kier molecular flexibility index (Phi) is 6.10. The van der Waals surface area contributed by atoms with E-state index in [1.54, 1.807) is 6.20 Å². The monoisotopic (exact) mass is 260 g/mol. The molecule has 0 aliphatic heterocycles. The van der Waals surface area contributed by atoms with Gasteiger partial charge in [-0.05, 0) is 49.8 Å². The highest BCUT2D eigenvalue weighted by molar-refractivity contribution is 5.71. The molecule has 0 heterocycles. The van der Waals surface area contributed by atoms with Crippen molar-refractivity contribution in [2.24, 2.45) is 5.73 Å². The molecule has 0 amide bonds. The minimum atomic E-state index is 0.560. The van der Waals surface area contributed by atoms with E-state index in [4.69, 9.17) is 5.73 Å². The van der Waals surface area contributed by atoms with Gasteiger partial charge in [0.15, 0.2) is 0 Å². The maximum Gasteiger partial charge on any atom is 0.0199 e. The van der Waals surface area contributed by atoms with Crippen LogP contribution >= 0.6 is 0 Å². The second-order valence-corrected chi connectivity index (χ2v) is 5.03. The topological polar surface area (TPSA) is 29.3 Å². The number of hydrogen-bond acceptors (Lipinski definition) is 2. The number of fused-ring (bicyclic) bond motifs is 1. The zero-order valence-electron chi connectivity index (χ0n) is 13.0. The van der Waals surface area contributed by atoms with E-state index in [9.17, 15) is 0 Å². The molecule has 0 saturated carbocycles. The van der Waals surface area contributed by atoms with Gasteiger partial charge in [0, 0.05) is 12.0 Å². The predicted molar refractivity (Wildman–Crippen MR) is 85.1 cm³/mol. The summed E-state index contributed by atoms with van der Waals surface area (Å²) in [7, 11) is 4.32. The van der Waals surface area contributed by atoms with Crippen molar-refractivity contribution < 1.29 is 0 Å². The Morgan fingerprint density at radius 1 is 1.26 bits per heavy atom. The number of benzene rings is 1. The number of nitrogens with two attached hydrogens (primary N) is 1. The van der Waals surface area contributed by atoms with E-state index in [1.165, 1.54) is 23.1 Å². The second-order valence-electron chi connectivity index (χ2n) is 5.03. The molecule has 1 aliphatic rings. The summed E-state index contributed by atoms with van der Waals surface area (Å²) in [5.41, 5.74) is 9.87. The Bertz CT molecular complexity index is 421. The van der Waals surface area contributed by atoms with Crippen LogP contribution in [0.1, 0.15) is 50.7 Å². The van der Waals surface area contributed by atoms with Crippen LogP contribution in [0.3, 0.4) is 0 Å². The van der Waals surface area contributed by atoms with Crippen LogP contribution in [-0.2, 0) is 0 Å². The highest BCUT2D eigenvalue weighted by atomic mass is 15.1. The van der Waals surface area contributed by atoms with Gasteiger partial charge >= 0.3 is 0 Å². The van der Waals surface area contributed by atoms with Gasteiger partial charge < -0.3 is 10.6 Å². The van der Waals surface area contributed by atoms with Crippen LogP contribution in [0.2, 0.25) is 0 Å². The summed E-state index contributed by atoms with van der Waals surface area (Å²) < 4.78 is 0. The van der Waals surface area contributed by atoms with E-state index in [0.717, 1.165) is 6.42 Å². The van der Waals surface area contributed by atoms with Gasteiger partial charge in [-0.3, -0.25) is 0 Å². The summed E-state index contributed by atoms with van der Waals surface area (Å²) >= 11 is 0. The highest BCUT2D eigenvalue weighted by Gasteiger charge is 2.31. The molecule has 0 aromatic heterocycles. The summed E-state index contributed by atoms with van der Waals surface area (Å²) in [5.74, 6) is 0.616. The highest BCUT2D eigenvalue weighted by Crippen LogP contribution is 2.41. The van der Waals surface area contributed by atoms with Crippen molar-refractivity contribution >= 4 is 5.57 Å². The Hall–Kier alpha value is -1.28. The summed E-state index contributed by atoms with van der Waals surface area (Å²) in [5, 5.41) is 0. The van der Waals surface area contributed by atoms with Crippen molar-refractivity contribution in [3.05, 3.63) is 41.6 Å². The molecule has 1 aliphatic carbocycles. The van der Waals surface area contributed by atoms with E-state index >= 15 is 0 Å². The molecule has 0 fully saturated rings. The zero-order chi connectivity index (χ0) is 14.4. The quantitative estimate of drug-likeness (QED) is 0.875. The standard InChI is InChI=1S/C15H22N2.C2H6/c1-4-12-14-8-6-5-7-13(14)11(10-16)9-15(12)17(2)3;1-2/h5-8,10,12,15H,4,9,16H2,1-3H3;1-2H3/b11-10-;. The van der Waals surface area contributed by atoms with E-state index < -0.39 is 0 Å². The first-order valence-corrected chi connectivity index (χ1v) is 7.35.